The average molecular weight is 336 g/mol. The van der Waals surface area contributed by atoms with Crippen LogP contribution in [-0.4, -0.2) is 35.1 Å². The molecule has 1 N–H and O–H groups in total. The summed E-state index contributed by atoms with van der Waals surface area (Å²) in [5.41, 5.74) is 1.33. The van der Waals surface area contributed by atoms with E-state index in [4.69, 9.17) is 0 Å². The van der Waals surface area contributed by atoms with Crippen molar-refractivity contribution in [2.45, 2.75) is 44.3 Å². The first kappa shape index (κ1) is 13.2. The van der Waals surface area contributed by atoms with Crippen LogP contribution in [0.2, 0.25) is 0 Å². The molecule has 2 saturated carbocycles. The Hall–Kier alpha value is -0.450. The van der Waals surface area contributed by atoms with E-state index < -0.39 is 0 Å². The van der Waals surface area contributed by atoms with Gasteiger partial charge >= 0.3 is 0 Å². The van der Waals surface area contributed by atoms with Crippen LogP contribution in [-0.2, 0) is 6.54 Å². The van der Waals surface area contributed by atoms with Gasteiger partial charge in [-0.05, 0) is 65.1 Å². The molecule has 2 heterocycles. The highest BCUT2D eigenvalue weighted by molar-refractivity contribution is 9.10. The van der Waals surface area contributed by atoms with Gasteiger partial charge in [0.25, 0.3) is 0 Å². The second-order valence-corrected chi connectivity index (χ2v) is 7.61. The van der Waals surface area contributed by atoms with E-state index in [1.54, 1.807) is 0 Å². The van der Waals surface area contributed by atoms with Crippen molar-refractivity contribution in [1.82, 2.24) is 15.2 Å². The summed E-state index contributed by atoms with van der Waals surface area (Å²) in [6.45, 7) is 3.46. The first-order valence-electron chi connectivity index (χ1n) is 7.86. The van der Waals surface area contributed by atoms with Crippen molar-refractivity contribution in [3.63, 3.8) is 0 Å². The molecule has 1 saturated heterocycles. The molecule has 0 bridgehead atoms. The summed E-state index contributed by atoms with van der Waals surface area (Å²) < 4.78 is 1.09. The lowest BCUT2D eigenvalue weighted by Gasteiger charge is -2.41. The SMILES string of the molecule is Brc1cncc(CN2CC(C3CC3)NCC2C2CC2)c1. The number of nitrogens with one attached hydrogen (secondary N) is 1. The number of rotatable bonds is 4. The first-order valence-corrected chi connectivity index (χ1v) is 8.66. The zero-order valence-corrected chi connectivity index (χ0v) is 13.3. The van der Waals surface area contributed by atoms with Gasteiger partial charge in [-0.1, -0.05) is 0 Å². The van der Waals surface area contributed by atoms with E-state index >= 15 is 0 Å². The Morgan fingerprint density at radius 3 is 2.70 bits per heavy atom. The van der Waals surface area contributed by atoms with E-state index in [2.05, 4.69) is 37.2 Å². The van der Waals surface area contributed by atoms with Crippen LogP contribution in [0.15, 0.2) is 22.9 Å². The second-order valence-electron chi connectivity index (χ2n) is 6.70. The van der Waals surface area contributed by atoms with Gasteiger partial charge in [-0.2, -0.15) is 0 Å². The number of piperazine rings is 1. The predicted octanol–water partition coefficient (Wildman–Crippen LogP) is 2.81. The first-order chi connectivity index (χ1) is 9.79. The van der Waals surface area contributed by atoms with E-state index in [1.807, 2.05) is 12.4 Å². The molecule has 4 heteroatoms. The zero-order valence-electron chi connectivity index (χ0n) is 11.8. The van der Waals surface area contributed by atoms with Gasteiger partial charge in [0.15, 0.2) is 0 Å². The van der Waals surface area contributed by atoms with Crippen molar-refractivity contribution < 1.29 is 0 Å². The fourth-order valence-corrected chi connectivity index (χ4v) is 3.98. The summed E-state index contributed by atoms with van der Waals surface area (Å²) in [6.07, 6.45) is 9.59. The Labute approximate surface area is 129 Å². The third-order valence-electron chi connectivity index (χ3n) is 4.99. The molecule has 1 aromatic heterocycles. The van der Waals surface area contributed by atoms with Gasteiger partial charge in [-0.15, -0.1) is 0 Å². The number of nitrogens with zero attached hydrogens (tertiary/aromatic N) is 2. The minimum Gasteiger partial charge on any atom is -0.311 e. The van der Waals surface area contributed by atoms with Gasteiger partial charge in [0.1, 0.15) is 0 Å². The third-order valence-corrected chi connectivity index (χ3v) is 5.43. The maximum atomic E-state index is 4.31. The lowest BCUT2D eigenvalue weighted by molar-refractivity contribution is 0.100. The van der Waals surface area contributed by atoms with Crippen LogP contribution >= 0.6 is 15.9 Å². The molecule has 2 unspecified atom stereocenters. The Kier molecular flexibility index (Phi) is 3.57. The topological polar surface area (TPSA) is 28.2 Å². The standard InChI is InChI=1S/C16H22BrN3/c17-14-5-11(6-18-7-14)9-20-10-15(12-1-2-12)19-8-16(20)13-3-4-13/h5-7,12-13,15-16,19H,1-4,8-10H2. The van der Waals surface area contributed by atoms with Crippen molar-refractivity contribution in [1.29, 1.82) is 0 Å². The molecule has 2 atom stereocenters. The summed E-state index contributed by atoms with van der Waals surface area (Å²) in [7, 11) is 0. The molecule has 1 aliphatic heterocycles. The van der Waals surface area contributed by atoms with Crippen molar-refractivity contribution in [3.8, 4) is 0 Å². The molecular weight excluding hydrogens is 314 g/mol. The van der Waals surface area contributed by atoms with Gasteiger partial charge in [-0.25, -0.2) is 0 Å². The number of aromatic nitrogens is 1. The molecule has 108 valence electrons. The summed E-state index contributed by atoms with van der Waals surface area (Å²) >= 11 is 3.54. The monoisotopic (exact) mass is 335 g/mol. The average Bonchev–Trinajstić information content (AvgIpc) is 3.30. The van der Waals surface area contributed by atoms with Crippen molar-refractivity contribution in [3.05, 3.63) is 28.5 Å². The van der Waals surface area contributed by atoms with Gasteiger partial charge in [0, 0.05) is 48.6 Å². The largest absolute Gasteiger partial charge is 0.311 e. The number of pyridine rings is 1. The van der Waals surface area contributed by atoms with Crippen LogP contribution in [0, 0.1) is 11.8 Å². The van der Waals surface area contributed by atoms with Crippen LogP contribution in [0.4, 0.5) is 0 Å². The van der Waals surface area contributed by atoms with Gasteiger partial charge in [-0.3, -0.25) is 9.88 Å². The van der Waals surface area contributed by atoms with Crippen molar-refractivity contribution >= 4 is 15.9 Å². The lowest BCUT2D eigenvalue weighted by Crippen LogP contribution is -2.57. The number of hydrogen-bond donors (Lipinski definition) is 1. The Balaban J connectivity index is 1.48. The van der Waals surface area contributed by atoms with E-state index in [1.165, 1.54) is 44.3 Å². The normalized spacial score (nSPS) is 31.4. The minimum absolute atomic E-state index is 0.727. The van der Waals surface area contributed by atoms with E-state index in [0.29, 0.717) is 0 Å². The van der Waals surface area contributed by atoms with Gasteiger partial charge < -0.3 is 5.32 Å². The highest BCUT2D eigenvalue weighted by Gasteiger charge is 2.42. The maximum Gasteiger partial charge on any atom is 0.0410 e. The molecule has 0 aromatic carbocycles. The Bertz CT molecular complexity index is 484. The summed E-state index contributed by atoms with van der Waals surface area (Å²) in [4.78, 5) is 7.04. The predicted molar refractivity (Wildman–Crippen MR) is 83.4 cm³/mol. The molecule has 20 heavy (non-hydrogen) atoms. The summed E-state index contributed by atoms with van der Waals surface area (Å²) in [6, 6.07) is 3.68. The Morgan fingerprint density at radius 1 is 1.20 bits per heavy atom. The van der Waals surface area contributed by atoms with Crippen LogP contribution < -0.4 is 5.32 Å². The quantitative estimate of drug-likeness (QED) is 0.916. The van der Waals surface area contributed by atoms with Crippen molar-refractivity contribution in [2.75, 3.05) is 13.1 Å². The van der Waals surface area contributed by atoms with Gasteiger partial charge in [0.2, 0.25) is 0 Å². The smallest absolute Gasteiger partial charge is 0.0410 e. The molecule has 4 rings (SSSR count). The van der Waals surface area contributed by atoms with Crippen LogP contribution in [0.3, 0.4) is 0 Å². The summed E-state index contributed by atoms with van der Waals surface area (Å²) in [5, 5.41) is 3.81. The molecule has 3 nitrogen and oxygen atoms in total. The maximum absolute atomic E-state index is 4.31. The minimum atomic E-state index is 0.727. The van der Waals surface area contributed by atoms with E-state index in [-0.39, 0.29) is 0 Å². The molecule has 3 fully saturated rings. The van der Waals surface area contributed by atoms with Gasteiger partial charge in [0.05, 0.1) is 0 Å². The van der Waals surface area contributed by atoms with E-state index in [0.717, 1.165) is 34.9 Å². The second kappa shape index (κ2) is 5.39. The fraction of sp³-hybridized carbons (Fsp3) is 0.688. The molecule has 0 radical (unpaired) electrons. The summed E-state index contributed by atoms with van der Waals surface area (Å²) in [5.74, 6) is 1.88. The molecule has 0 amide bonds. The molecule has 1 aromatic rings. The molecule has 0 spiro atoms. The lowest BCUT2D eigenvalue weighted by atomic mass is 10.0. The molecule has 3 aliphatic rings. The van der Waals surface area contributed by atoms with E-state index in [9.17, 15) is 0 Å². The highest BCUT2D eigenvalue weighted by atomic mass is 79.9. The number of hydrogen-bond acceptors (Lipinski definition) is 3. The highest BCUT2D eigenvalue weighted by Crippen LogP contribution is 2.40. The molecular formula is C16H22BrN3. The van der Waals surface area contributed by atoms with Crippen LogP contribution in [0.25, 0.3) is 0 Å². The fourth-order valence-electron chi connectivity index (χ4n) is 3.57. The van der Waals surface area contributed by atoms with Crippen LogP contribution in [0.1, 0.15) is 31.2 Å². The zero-order chi connectivity index (χ0) is 13.5. The number of halogens is 1. The van der Waals surface area contributed by atoms with Crippen LogP contribution in [0.5, 0.6) is 0 Å². The Morgan fingerprint density at radius 2 is 2.00 bits per heavy atom. The third kappa shape index (κ3) is 2.92. The molecule has 2 aliphatic carbocycles. The van der Waals surface area contributed by atoms with Crippen molar-refractivity contribution in [2.24, 2.45) is 11.8 Å².